The van der Waals surface area contributed by atoms with Crippen molar-refractivity contribution >= 4 is 17.5 Å². The summed E-state index contributed by atoms with van der Waals surface area (Å²) < 4.78 is 0. The number of hydrogen-bond donors (Lipinski definition) is 2. The van der Waals surface area contributed by atoms with Crippen molar-refractivity contribution in [2.24, 2.45) is 5.41 Å². The average Bonchev–Trinajstić information content (AvgIpc) is 2.46. The molecule has 2 amide bonds. The summed E-state index contributed by atoms with van der Waals surface area (Å²) in [5.41, 5.74) is -0.232. The van der Waals surface area contributed by atoms with E-state index in [-0.39, 0.29) is 11.9 Å². The zero-order chi connectivity index (χ0) is 16.0. The first-order chi connectivity index (χ1) is 9.81. The van der Waals surface area contributed by atoms with Crippen LogP contribution >= 0.6 is 0 Å². The average molecular weight is 287 g/mol. The minimum absolute atomic E-state index is 0.0199. The molecule has 0 aromatic heterocycles. The maximum Gasteiger partial charge on any atom is 0.239 e. The van der Waals surface area contributed by atoms with Gasteiger partial charge < -0.3 is 10.6 Å². The van der Waals surface area contributed by atoms with Gasteiger partial charge in [0.05, 0.1) is 11.6 Å². The Kier molecular flexibility index (Phi) is 5.48. The molecule has 0 bridgehead atoms. The van der Waals surface area contributed by atoms with Gasteiger partial charge in [0.25, 0.3) is 0 Å². The second kappa shape index (κ2) is 6.89. The van der Waals surface area contributed by atoms with Crippen molar-refractivity contribution in [3.63, 3.8) is 0 Å². The molecule has 0 aliphatic heterocycles. The number of benzene rings is 1. The van der Waals surface area contributed by atoms with Crippen LogP contribution in [-0.2, 0) is 9.59 Å². The predicted molar refractivity (Wildman–Crippen MR) is 81.5 cm³/mol. The molecular formula is C16H21N3O2. The molecule has 21 heavy (non-hydrogen) atoms. The third-order valence-corrected chi connectivity index (χ3v) is 3.37. The van der Waals surface area contributed by atoms with Crippen LogP contribution in [0, 0.1) is 16.7 Å². The van der Waals surface area contributed by atoms with Crippen molar-refractivity contribution in [2.45, 2.75) is 40.2 Å². The second-order valence-corrected chi connectivity index (χ2v) is 5.55. The monoisotopic (exact) mass is 287 g/mol. The third-order valence-electron chi connectivity index (χ3n) is 3.37. The summed E-state index contributed by atoms with van der Waals surface area (Å²) in [6.07, 6.45) is 0.799. The summed E-state index contributed by atoms with van der Waals surface area (Å²) in [5, 5.41) is 14.3. The lowest BCUT2D eigenvalue weighted by Crippen LogP contribution is -2.47. The van der Waals surface area contributed by atoms with Gasteiger partial charge >= 0.3 is 0 Å². The minimum atomic E-state index is -1.19. The molecule has 112 valence electrons. The molecule has 5 nitrogen and oxygen atoms in total. The van der Waals surface area contributed by atoms with E-state index < -0.39 is 11.3 Å². The lowest BCUT2D eigenvalue weighted by atomic mass is 9.90. The highest BCUT2D eigenvalue weighted by molar-refractivity contribution is 6.09. The maximum atomic E-state index is 12.3. The molecule has 0 saturated carbocycles. The van der Waals surface area contributed by atoms with Crippen molar-refractivity contribution in [2.75, 3.05) is 5.32 Å². The quantitative estimate of drug-likeness (QED) is 0.816. The molecule has 1 aromatic carbocycles. The molecule has 5 heteroatoms. The fourth-order valence-corrected chi connectivity index (χ4v) is 1.56. The van der Waals surface area contributed by atoms with Crippen molar-refractivity contribution < 1.29 is 9.59 Å². The number of anilines is 1. The Morgan fingerprint density at radius 2 is 2.00 bits per heavy atom. The van der Waals surface area contributed by atoms with Gasteiger partial charge in [-0.15, -0.1) is 0 Å². The van der Waals surface area contributed by atoms with Crippen LogP contribution in [0.15, 0.2) is 24.3 Å². The van der Waals surface area contributed by atoms with Gasteiger partial charge in [-0.1, -0.05) is 13.0 Å². The Labute approximate surface area is 125 Å². The zero-order valence-electron chi connectivity index (χ0n) is 12.9. The van der Waals surface area contributed by atoms with Gasteiger partial charge in [0, 0.05) is 11.7 Å². The maximum absolute atomic E-state index is 12.3. The molecule has 0 saturated heterocycles. The number of nitriles is 1. The molecule has 0 aliphatic rings. The van der Waals surface area contributed by atoms with Crippen LogP contribution in [-0.4, -0.2) is 17.9 Å². The van der Waals surface area contributed by atoms with Gasteiger partial charge in [0.2, 0.25) is 11.8 Å². The molecule has 0 aliphatic carbocycles. The Balaban J connectivity index is 2.81. The van der Waals surface area contributed by atoms with Crippen molar-refractivity contribution in [1.29, 1.82) is 5.26 Å². The van der Waals surface area contributed by atoms with E-state index >= 15 is 0 Å². The van der Waals surface area contributed by atoms with Crippen LogP contribution in [0.25, 0.3) is 0 Å². The van der Waals surface area contributed by atoms with Crippen molar-refractivity contribution in [3.8, 4) is 6.07 Å². The molecule has 0 radical (unpaired) electrons. The summed E-state index contributed by atoms with van der Waals surface area (Å²) in [5.74, 6) is -0.718. The van der Waals surface area contributed by atoms with E-state index in [2.05, 4.69) is 10.6 Å². The third kappa shape index (κ3) is 4.32. The molecule has 0 spiro atoms. The van der Waals surface area contributed by atoms with Crippen LogP contribution < -0.4 is 10.6 Å². The summed E-state index contributed by atoms with van der Waals surface area (Å²) >= 11 is 0. The van der Waals surface area contributed by atoms with Crippen LogP contribution in [0.1, 0.15) is 39.7 Å². The Hall–Kier alpha value is -2.35. The molecule has 1 unspecified atom stereocenters. The zero-order valence-corrected chi connectivity index (χ0v) is 12.9. The van der Waals surface area contributed by atoms with Crippen LogP contribution in [0.5, 0.6) is 0 Å². The van der Waals surface area contributed by atoms with Crippen LogP contribution in [0.2, 0.25) is 0 Å². The SMILES string of the molecule is CCC(C)NC(=O)C(C)(C)C(=O)Nc1cccc(C#N)c1. The fourth-order valence-electron chi connectivity index (χ4n) is 1.56. The Bertz CT molecular complexity index is 573. The highest BCUT2D eigenvalue weighted by atomic mass is 16.2. The summed E-state index contributed by atoms with van der Waals surface area (Å²) in [4.78, 5) is 24.5. The van der Waals surface area contributed by atoms with Gasteiger partial charge in [-0.3, -0.25) is 9.59 Å². The van der Waals surface area contributed by atoms with E-state index in [4.69, 9.17) is 5.26 Å². The first-order valence-corrected chi connectivity index (χ1v) is 6.93. The lowest BCUT2D eigenvalue weighted by molar-refractivity contribution is -0.138. The molecule has 1 atom stereocenters. The normalized spacial score (nSPS) is 12.1. The van der Waals surface area contributed by atoms with E-state index in [9.17, 15) is 9.59 Å². The van der Waals surface area contributed by atoms with E-state index in [1.165, 1.54) is 0 Å². The number of nitrogens with one attached hydrogen (secondary N) is 2. The number of hydrogen-bond acceptors (Lipinski definition) is 3. The number of amides is 2. The fraction of sp³-hybridized carbons (Fsp3) is 0.438. The van der Waals surface area contributed by atoms with Crippen molar-refractivity contribution in [3.05, 3.63) is 29.8 Å². The van der Waals surface area contributed by atoms with E-state index in [1.807, 2.05) is 19.9 Å². The minimum Gasteiger partial charge on any atom is -0.353 e. The summed E-state index contributed by atoms with van der Waals surface area (Å²) in [6, 6.07) is 8.61. The van der Waals surface area contributed by atoms with E-state index in [0.717, 1.165) is 6.42 Å². The van der Waals surface area contributed by atoms with E-state index in [0.29, 0.717) is 11.3 Å². The molecule has 1 rings (SSSR count). The number of carbonyl (C=O) groups excluding carboxylic acids is 2. The van der Waals surface area contributed by atoms with Crippen LogP contribution in [0.4, 0.5) is 5.69 Å². The topological polar surface area (TPSA) is 82.0 Å². The number of rotatable bonds is 5. The van der Waals surface area contributed by atoms with Gasteiger partial charge in [-0.25, -0.2) is 0 Å². The number of carbonyl (C=O) groups is 2. The summed E-state index contributed by atoms with van der Waals surface area (Å²) in [6.45, 7) is 7.01. The first kappa shape index (κ1) is 16.7. The van der Waals surface area contributed by atoms with Crippen molar-refractivity contribution in [1.82, 2.24) is 5.32 Å². The largest absolute Gasteiger partial charge is 0.353 e. The molecule has 0 fully saturated rings. The molecular weight excluding hydrogens is 266 g/mol. The molecule has 1 aromatic rings. The standard InChI is InChI=1S/C16H21N3O2/c1-5-11(2)18-14(20)16(3,4)15(21)19-13-8-6-7-12(9-13)10-17/h6-9,11H,5H2,1-4H3,(H,18,20)(H,19,21). The Morgan fingerprint density at radius 3 is 2.57 bits per heavy atom. The van der Waals surface area contributed by atoms with Crippen LogP contribution in [0.3, 0.4) is 0 Å². The number of nitrogens with zero attached hydrogens (tertiary/aromatic N) is 1. The van der Waals surface area contributed by atoms with E-state index in [1.54, 1.807) is 38.1 Å². The second-order valence-electron chi connectivity index (χ2n) is 5.55. The first-order valence-electron chi connectivity index (χ1n) is 6.93. The highest BCUT2D eigenvalue weighted by Gasteiger charge is 2.36. The summed E-state index contributed by atoms with van der Waals surface area (Å²) in [7, 11) is 0. The molecule has 2 N–H and O–H groups in total. The molecule has 0 heterocycles. The van der Waals surface area contributed by atoms with Gasteiger partial charge in [0.15, 0.2) is 0 Å². The smallest absolute Gasteiger partial charge is 0.239 e. The highest BCUT2D eigenvalue weighted by Crippen LogP contribution is 2.20. The Morgan fingerprint density at radius 1 is 1.33 bits per heavy atom. The van der Waals surface area contributed by atoms with Gasteiger partial charge in [-0.2, -0.15) is 5.26 Å². The predicted octanol–water partition coefficient (Wildman–Crippen LogP) is 2.44. The van der Waals surface area contributed by atoms with Gasteiger partial charge in [0.1, 0.15) is 5.41 Å². The van der Waals surface area contributed by atoms with Gasteiger partial charge in [-0.05, 0) is 45.4 Å². The lowest BCUT2D eigenvalue weighted by Gasteiger charge is -2.24.